The lowest BCUT2D eigenvalue weighted by molar-refractivity contribution is -0.671. The van der Waals surface area contributed by atoms with Crippen LogP contribution in [0.3, 0.4) is 0 Å². The van der Waals surface area contributed by atoms with Gasteiger partial charge in [-0.15, -0.1) is 0 Å². The molecule has 1 rings (SSSR count). The van der Waals surface area contributed by atoms with Crippen LogP contribution in [-0.2, 0) is 6.54 Å². The molecule has 0 unspecified atom stereocenters. The predicted molar refractivity (Wildman–Crippen MR) is 53.9 cm³/mol. The lowest BCUT2D eigenvalue weighted by Gasteiger charge is -2.00. The van der Waals surface area contributed by atoms with Gasteiger partial charge in [-0.05, 0) is 0 Å². The Morgan fingerprint density at radius 3 is 2.33 bits per heavy atom. The van der Waals surface area contributed by atoms with E-state index in [1.807, 2.05) is 0 Å². The van der Waals surface area contributed by atoms with Crippen molar-refractivity contribution in [2.75, 3.05) is 13.1 Å². The van der Waals surface area contributed by atoms with Crippen molar-refractivity contribution in [2.24, 2.45) is 0 Å². The van der Waals surface area contributed by atoms with Crippen molar-refractivity contribution in [2.45, 2.75) is 19.4 Å². The molecule has 0 amide bonds. The highest BCUT2D eigenvalue weighted by atomic mass is 79.9. The van der Waals surface area contributed by atoms with Gasteiger partial charge in [-0.1, -0.05) is 30.3 Å². The van der Waals surface area contributed by atoms with Crippen LogP contribution in [0.4, 0.5) is 0 Å². The van der Waals surface area contributed by atoms with Crippen LogP contribution in [0.1, 0.15) is 18.4 Å². The maximum atomic E-state index is 3.83. The van der Waals surface area contributed by atoms with Crippen LogP contribution in [-0.4, -0.2) is 13.1 Å². The van der Waals surface area contributed by atoms with E-state index in [4.69, 9.17) is 0 Å². The molecule has 0 aliphatic carbocycles. The summed E-state index contributed by atoms with van der Waals surface area (Å²) in [7, 11) is 0. The van der Waals surface area contributed by atoms with E-state index in [1.165, 1.54) is 24.9 Å². The van der Waals surface area contributed by atoms with Crippen LogP contribution in [0, 0.1) is 0 Å². The van der Waals surface area contributed by atoms with Gasteiger partial charge in [0.25, 0.3) is 0 Å². The fourth-order valence-corrected chi connectivity index (χ4v) is 1.35. The van der Waals surface area contributed by atoms with E-state index in [1.54, 1.807) is 0 Å². The second kappa shape index (κ2) is 12.0. The fourth-order valence-electron chi connectivity index (χ4n) is 1.35. The van der Waals surface area contributed by atoms with Gasteiger partial charge in [-0.2, -0.15) is 0 Å². The Morgan fingerprint density at radius 2 is 1.73 bits per heavy atom. The Balaban J connectivity index is 0. The molecule has 0 saturated carbocycles. The third-order valence-electron chi connectivity index (χ3n) is 2.13. The molecule has 0 fully saturated rings. The zero-order valence-electron chi connectivity index (χ0n) is 8.96. The van der Waals surface area contributed by atoms with Crippen molar-refractivity contribution in [1.82, 2.24) is 0 Å². The second-order valence-electron chi connectivity index (χ2n) is 3.33. The molecular formula is C11H20BrClN2. The normalized spacial score (nSPS) is 8.87. The molecule has 0 radical (unpaired) electrons. The van der Waals surface area contributed by atoms with E-state index in [0.717, 1.165) is 13.1 Å². The van der Waals surface area contributed by atoms with Gasteiger partial charge in [-0.25, -0.2) is 0 Å². The average Bonchev–Trinajstić information content (AvgIpc) is 2.19. The van der Waals surface area contributed by atoms with E-state index in [2.05, 4.69) is 41.4 Å². The zero-order valence-corrected chi connectivity index (χ0v) is 11.3. The summed E-state index contributed by atoms with van der Waals surface area (Å²) in [5.74, 6) is 0. The first-order chi connectivity index (χ1) is 6.43. The molecule has 0 spiro atoms. The number of benzene rings is 1. The van der Waals surface area contributed by atoms with Crippen molar-refractivity contribution in [3.63, 3.8) is 0 Å². The summed E-state index contributed by atoms with van der Waals surface area (Å²) in [6.45, 7) is 3.40. The van der Waals surface area contributed by atoms with Gasteiger partial charge < -0.3 is 40.4 Å². The zero-order chi connectivity index (χ0) is 9.36. The summed E-state index contributed by atoms with van der Waals surface area (Å²) in [5.41, 5.74) is 5.24. The van der Waals surface area contributed by atoms with E-state index < -0.39 is 0 Å². The molecule has 5 N–H and O–H groups in total. The van der Waals surface area contributed by atoms with Crippen molar-refractivity contribution in [1.29, 1.82) is 0 Å². The van der Waals surface area contributed by atoms with Gasteiger partial charge in [0.15, 0.2) is 0 Å². The molecule has 0 aliphatic rings. The summed E-state index contributed by atoms with van der Waals surface area (Å²) in [4.78, 5) is 0. The first kappa shape index (κ1) is 17.3. The minimum Gasteiger partial charge on any atom is -1.00 e. The summed E-state index contributed by atoms with van der Waals surface area (Å²) >= 11 is 0. The molecule has 0 bridgehead atoms. The molecule has 1 aromatic rings. The molecule has 0 saturated heterocycles. The lowest BCUT2D eigenvalue weighted by Crippen LogP contribution is -3.00. The first-order valence-electron chi connectivity index (χ1n) is 5.08. The number of unbranched alkanes of at least 4 members (excludes halogenated alkanes) is 1. The second-order valence-corrected chi connectivity index (χ2v) is 3.33. The van der Waals surface area contributed by atoms with Crippen LogP contribution in [0.25, 0.3) is 0 Å². The van der Waals surface area contributed by atoms with Crippen LogP contribution < -0.4 is 40.4 Å². The summed E-state index contributed by atoms with van der Waals surface area (Å²) in [5, 5.41) is 2.37. The summed E-state index contributed by atoms with van der Waals surface area (Å²) in [6, 6.07) is 10.6. The number of rotatable bonds is 6. The highest BCUT2D eigenvalue weighted by molar-refractivity contribution is 5.12. The van der Waals surface area contributed by atoms with E-state index in [9.17, 15) is 0 Å². The molecule has 0 aliphatic heterocycles. The maximum absolute atomic E-state index is 3.83. The van der Waals surface area contributed by atoms with Gasteiger partial charge in [0, 0.05) is 18.4 Å². The Kier molecular flexibility index (Phi) is 13.8. The van der Waals surface area contributed by atoms with Crippen LogP contribution >= 0.6 is 0 Å². The number of quaternary nitrogens is 2. The van der Waals surface area contributed by atoms with Crippen molar-refractivity contribution in [3.05, 3.63) is 35.9 Å². The van der Waals surface area contributed by atoms with E-state index in [-0.39, 0.29) is 29.4 Å². The molecule has 88 valence electrons. The molecule has 4 heteroatoms. The number of halogens is 2. The van der Waals surface area contributed by atoms with E-state index >= 15 is 0 Å². The van der Waals surface area contributed by atoms with Crippen molar-refractivity contribution < 1.29 is 40.4 Å². The molecular weight excluding hydrogens is 275 g/mol. The highest BCUT2D eigenvalue weighted by Crippen LogP contribution is 1.94. The maximum Gasteiger partial charge on any atom is 0.101 e. The molecule has 0 atom stereocenters. The van der Waals surface area contributed by atoms with Crippen molar-refractivity contribution in [3.8, 4) is 0 Å². The minimum absolute atomic E-state index is 0. The third-order valence-corrected chi connectivity index (χ3v) is 2.13. The SMILES string of the molecule is [Br-].[Cl-].[NH3+]CCCC[NH2+]Cc1ccccc1. The third kappa shape index (κ3) is 8.88. The Hall–Kier alpha value is -0.0900. The Labute approximate surface area is 109 Å². The molecule has 0 heterocycles. The van der Waals surface area contributed by atoms with Gasteiger partial charge in [0.05, 0.1) is 13.1 Å². The lowest BCUT2D eigenvalue weighted by atomic mass is 10.2. The quantitative estimate of drug-likeness (QED) is 0.491. The van der Waals surface area contributed by atoms with Gasteiger partial charge in [-0.3, -0.25) is 0 Å². The van der Waals surface area contributed by atoms with Crippen molar-refractivity contribution >= 4 is 0 Å². The first-order valence-corrected chi connectivity index (χ1v) is 5.08. The fraction of sp³-hybridized carbons (Fsp3) is 0.455. The summed E-state index contributed by atoms with van der Waals surface area (Å²) in [6.07, 6.45) is 2.54. The standard InChI is InChI=1S/C11H18N2.BrH.ClH/c12-8-4-5-9-13-10-11-6-2-1-3-7-11;;/h1-3,6-7,13H,4-5,8-10,12H2;2*1H. The largest absolute Gasteiger partial charge is 1.00 e. The molecule has 1 aromatic carbocycles. The number of nitrogens with two attached hydrogens (primary N) is 1. The predicted octanol–water partition coefficient (Wildman–Crippen LogP) is -6.22. The van der Waals surface area contributed by atoms with E-state index in [0.29, 0.717) is 0 Å². The Morgan fingerprint density at radius 1 is 1.07 bits per heavy atom. The molecule has 0 aromatic heterocycles. The number of hydrogen-bond donors (Lipinski definition) is 2. The highest BCUT2D eigenvalue weighted by Gasteiger charge is 1.93. The van der Waals surface area contributed by atoms with Crippen LogP contribution in [0.5, 0.6) is 0 Å². The van der Waals surface area contributed by atoms with Crippen LogP contribution in [0.2, 0.25) is 0 Å². The summed E-state index contributed by atoms with van der Waals surface area (Å²) < 4.78 is 0. The smallest absolute Gasteiger partial charge is 0.101 e. The minimum atomic E-state index is 0. The topological polar surface area (TPSA) is 44.2 Å². The van der Waals surface area contributed by atoms with Gasteiger partial charge >= 0.3 is 0 Å². The monoisotopic (exact) mass is 294 g/mol. The Bertz CT molecular complexity index is 219. The van der Waals surface area contributed by atoms with Gasteiger partial charge in [0.2, 0.25) is 0 Å². The average molecular weight is 296 g/mol. The molecule has 15 heavy (non-hydrogen) atoms. The number of hydrogen-bond acceptors (Lipinski definition) is 0. The molecule has 2 nitrogen and oxygen atoms in total. The van der Waals surface area contributed by atoms with Crippen LogP contribution in [0.15, 0.2) is 30.3 Å². The van der Waals surface area contributed by atoms with Gasteiger partial charge in [0.1, 0.15) is 6.54 Å².